The molecule has 2 aromatic rings. The van der Waals surface area contributed by atoms with Crippen LogP contribution in [-0.2, 0) is 9.53 Å². The lowest BCUT2D eigenvalue weighted by Gasteiger charge is -2.28. The molecule has 7 heteroatoms. The number of hydrogen-bond acceptors (Lipinski definition) is 6. The van der Waals surface area contributed by atoms with Crippen molar-refractivity contribution in [2.45, 2.75) is 32.0 Å². The first-order chi connectivity index (χ1) is 11.5. The molecule has 0 saturated carbocycles. The molecule has 24 heavy (non-hydrogen) atoms. The fraction of sp³-hybridized carbons (Fsp3) is 0.353. The number of allylic oxidation sites excluding steroid dienone is 1. The number of nitrogens with one attached hydrogen (secondary N) is 1. The number of thioether (sulfide) groups is 1. The molecule has 0 amide bonds. The molecule has 1 atom stereocenters. The number of hydrogen-bond donors (Lipinski definition) is 1. The van der Waals surface area contributed by atoms with Gasteiger partial charge in [-0.05, 0) is 32.6 Å². The minimum atomic E-state index is -0.353. The lowest BCUT2D eigenvalue weighted by molar-refractivity contribution is -0.139. The predicted octanol–water partition coefficient (Wildman–Crippen LogP) is 3.16. The number of esters is 1. The van der Waals surface area contributed by atoms with E-state index in [0.29, 0.717) is 23.3 Å². The van der Waals surface area contributed by atoms with Crippen LogP contribution < -0.4 is 5.32 Å². The Balaban J connectivity index is 2.15. The van der Waals surface area contributed by atoms with Crippen molar-refractivity contribution in [3.05, 3.63) is 46.7 Å². The number of benzene rings is 1. The molecule has 1 aliphatic heterocycles. The molecule has 0 unspecified atom stereocenters. The van der Waals surface area contributed by atoms with E-state index < -0.39 is 0 Å². The third kappa shape index (κ3) is 2.91. The highest BCUT2D eigenvalue weighted by Crippen LogP contribution is 2.36. The summed E-state index contributed by atoms with van der Waals surface area (Å²) < 4.78 is 7.03. The highest BCUT2D eigenvalue weighted by Gasteiger charge is 2.34. The van der Waals surface area contributed by atoms with Gasteiger partial charge in [0, 0.05) is 5.70 Å². The molecule has 1 N–H and O–H groups in total. The van der Waals surface area contributed by atoms with Crippen molar-refractivity contribution in [1.29, 1.82) is 0 Å². The Labute approximate surface area is 145 Å². The highest BCUT2D eigenvalue weighted by molar-refractivity contribution is 7.98. The maximum atomic E-state index is 12.6. The Bertz CT molecular complexity index is 795. The van der Waals surface area contributed by atoms with Crippen molar-refractivity contribution < 1.29 is 9.53 Å². The van der Waals surface area contributed by atoms with Gasteiger partial charge in [-0.25, -0.2) is 9.48 Å². The number of aryl methyl sites for hydroxylation is 1. The van der Waals surface area contributed by atoms with E-state index in [2.05, 4.69) is 15.4 Å². The summed E-state index contributed by atoms with van der Waals surface area (Å²) in [5.41, 5.74) is 3.44. The maximum absolute atomic E-state index is 12.6. The number of aromatic nitrogens is 3. The van der Waals surface area contributed by atoms with Crippen molar-refractivity contribution in [2.75, 3.05) is 18.2 Å². The van der Waals surface area contributed by atoms with Crippen LogP contribution >= 0.6 is 11.8 Å². The molecule has 3 rings (SSSR count). The van der Waals surface area contributed by atoms with Crippen LogP contribution in [0.1, 0.15) is 31.0 Å². The third-order valence-electron chi connectivity index (χ3n) is 3.90. The zero-order chi connectivity index (χ0) is 17.3. The van der Waals surface area contributed by atoms with Crippen LogP contribution in [0.4, 0.5) is 5.95 Å². The van der Waals surface area contributed by atoms with Gasteiger partial charge in [-0.15, -0.1) is 5.10 Å². The molecule has 0 bridgehead atoms. The van der Waals surface area contributed by atoms with Gasteiger partial charge in [0.25, 0.3) is 0 Å². The average molecular weight is 344 g/mol. The third-order valence-corrected chi connectivity index (χ3v) is 4.44. The van der Waals surface area contributed by atoms with E-state index in [1.54, 1.807) is 11.6 Å². The number of carbonyl (C=O) groups is 1. The van der Waals surface area contributed by atoms with Crippen molar-refractivity contribution >= 4 is 23.7 Å². The zero-order valence-corrected chi connectivity index (χ0v) is 15.0. The maximum Gasteiger partial charge on any atom is 0.338 e. The van der Waals surface area contributed by atoms with Gasteiger partial charge in [0.2, 0.25) is 11.1 Å². The van der Waals surface area contributed by atoms with Crippen LogP contribution in [0.5, 0.6) is 0 Å². The Morgan fingerprint density at radius 2 is 2.04 bits per heavy atom. The molecule has 1 aromatic carbocycles. The Morgan fingerprint density at radius 3 is 2.67 bits per heavy atom. The molecule has 0 saturated heterocycles. The number of fused-ring (bicyclic) bond motifs is 1. The normalized spacial score (nSPS) is 16.6. The van der Waals surface area contributed by atoms with Crippen molar-refractivity contribution in [3.63, 3.8) is 0 Å². The van der Waals surface area contributed by atoms with Gasteiger partial charge in [0.15, 0.2) is 0 Å². The summed E-state index contributed by atoms with van der Waals surface area (Å²) in [7, 11) is 0. The van der Waals surface area contributed by atoms with E-state index >= 15 is 0 Å². The summed E-state index contributed by atoms with van der Waals surface area (Å²) >= 11 is 1.47. The number of carbonyl (C=O) groups excluding carboxylic acids is 1. The fourth-order valence-electron chi connectivity index (χ4n) is 2.75. The van der Waals surface area contributed by atoms with E-state index in [9.17, 15) is 4.79 Å². The summed E-state index contributed by atoms with van der Waals surface area (Å²) in [6.45, 7) is 6.03. The molecule has 0 aliphatic carbocycles. The molecule has 1 aliphatic rings. The number of anilines is 1. The Morgan fingerprint density at radius 1 is 1.33 bits per heavy atom. The second kappa shape index (κ2) is 6.68. The van der Waals surface area contributed by atoms with Crippen LogP contribution in [-0.4, -0.2) is 33.6 Å². The van der Waals surface area contributed by atoms with Gasteiger partial charge < -0.3 is 10.1 Å². The first kappa shape index (κ1) is 16.6. The second-order valence-electron chi connectivity index (χ2n) is 5.56. The first-order valence-corrected chi connectivity index (χ1v) is 8.99. The van der Waals surface area contributed by atoms with Gasteiger partial charge in [-0.2, -0.15) is 4.98 Å². The number of ether oxygens (including phenoxy) is 1. The van der Waals surface area contributed by atoms with Gasteiger partial charge >= 0.3 is 5.97 Å². The van der Waals surface area contributed by atoms with Crippen LogP contribution in [0, 0.1) is 6.92 Å². The van der Waals surface area contributed by atoms with Crippen LogP contribution in [0.2, 0.25) is 0 Å². The van der Waals surface area contributed by atoms with Gasteiger partial charge in [0.05, 0.1) is 12.2 Å². The number of nitrogens with zero attached hydrogens (tertiary/aromatic N) is 3. The second-order valence-corrected chi connectivity index (χ2v) is 6.34. The molecule has 126 valence electrons. The lowest BCUT2D eigenvalue weighted by atomic mass is 9.95. The summed E-state index contributed by atoms with van der Waals surface area (Å²) in [4.78, 5) is 17.0. The van der Waals surface area contributed by atoms with Crippen molar-refractivity contribution in [2.24, 2.45) is 0 Å². The van der Waals surface area contributed by atoms with E-state index in [1.807, 2.05) is 44.4 Å². The van der Waals surface area contributed by atoms with Crippen LogP contribution in [0.3, 0.4) is 0 Å². The summed E-state index contributed by atoms with van der Waals surface area (Å²) in [6, 6.07) is 7.74. The summed E-state index contributed by atoms with van der Waals surface area (Å²) in [6.07, 6.45) is 1.93. The Hall–Kier alpha value is -2.28. The average Bonchev–Trinajstić information content (AvgIpc) is 2.97. The van der Waals surface area contributed by atoms with Crippen molar-refractivity contribution in [3.8, 4) is 0 Å². The summed E-state index contributed by atoms with van der Waals surface area (Å²) in [5.74, 6) is 0.301. The fourth-order valence-corrected chi connectivity index (χ4v) is 3.10. The van der Waals surface area contributed by atoms with Crippen LogP contribution in [0.15, 0.2) is 40.7 Å². The Kier molecular flexibility index (Phi) is 4.62. The first-order valence-electron chi connectivity index (χ1n) is 7.77. The predicted molar refractivity (Wildman–Crippen MR) is 94.1 cm³/mol. The van der Waals surface area contributed by atoms with E-state index in [1.165, 1.54) is 11.8 Å². The molecule has 2 heterocycles. The molecule has 0 fully saturated rings. The highest BCUT2D eigenvalue weighted by atomic mass is 32.2. The lowest BCUT2D eigenvalue weighted by Crippen LogP contribution is -2.29. The summed E-state index contributed by atoms with van der Waals surface area (Å²) in [5, 5.41) is 8.37. The minimum Gasteiger partial charge on any atom is -0.463 e. The topological polar surface area (TPSA) is 69.0 Å². The standard InChI is InChI=1S/C17H20N4O2S/c1-5-23-15(22)13-11(3)18-16-19-17(24-4)20-21(16)14(13)12-8-6-10(2)7-9-12/h6-9,14H,5H2,1-4H3,(H,18,19,20)/t14-/m0/s1. The van der Waals surface area contributed by atoms with Gasteiger partial charge in [0.1, 0.15) is 6.04 Å². The van der Waals surface area contributed by atoms with E-state index in [-0.39, 0.29) is 12.0 Å². The molecule has 0 radical (unpaired) electrons. The van der Waals surface area contributed by atoms with Crippen LogP contribution in [0.25, 0.3) is 0 Å². The molecular weight excluding hydrogens is 324 g/mol. The SMILES string of the molecule is CCOC(=O)C1=C(C)Nc2nc(SC)nn2[C@H]1c1ccc(C)cc1. The molecule has 6 nitrogen and oxygen atoms in total. The largest absolute Gasteiger partial charge is 0.463 e. The quantitative estimate of drug-likeness (QED) is 0.679. The molecular formula is C17H20N4O2S. The minimum absolute atomic E-state index is 0.330. The zero-order valence-electron chi connectivity index (χ0n) is 14.2. The number of rotatable bonds is 4. The van der Waals surface area contributed by atoms with Gasteiger partial charge in [-0.1, -0.05) is 41.6 Å². The molecule has 0 spiro atoms. The van der Waals surface area contributed by atoms with Crippen molar-refractivity contribution in [1.82, 2.24) is 14.8 Å². The monoisotopic (exact) mass is 344 g/mol. The smallest absolute Gasteiger partial charge is 0.338 e. The molecule has 1 aromatic heterocycles. The van der Waals surface area contributed by atoms with E-state index in [0.717, 1.165) is 16.8 Å². The van der Waals surface area contributed by atoms with Gasteiger partial charge in [-0.3, -0.25) is 0 Å². The van der Waals surface area contributed by atoms with E-state index in [4.69, 9.17) is 4.74 Å².